The number of pyridine rings is 4. The summed E-state index contributed by atoms with van der Waals surface area (Å²) in [5, 5.41) is 20.2. The zero-order chi connectivity index (χ0) is 95.9. The quantitative estimate of drug-likeness (QED) is 0.0922. The molecule has 0 amide bonds. The minimum absolute atomic E-state index is 0.648. The standard InChI is InChI=1S/C34H27N2OP.C33H25N2OP.C31H23N2OP.C27H27N2OP/c1-3-38(2,37)27-18-15-23(16-19-27)24-9-8-10-25(21-24)26-17-20-28-29-11-4-6-13-32(29)36-33-14-7-5-12-31(33)35-34(36)30(28)22-26;1-37(2,36)26-18-15-23(16-19-26)22-11-13-24(14-12-22)25-17-20-28-29(21-25)27-7-3-5-9-31(27)35-32-10-6-4-8-30(32)34-33(28)35;1-35(2,34)24-15-13-20-11-12-21(17-23(20)18-24)22-14-16-25-26-7-3-5-9-29(26)33-30-10-6-4-8-28(30)32-31(33)27(25)19-22;1-31(2,30)20-13-15-25-23(17-20)22-16-19(18-8-4-3-5-9-18)12-14-21(22)27-28-24-10-6-7-11-26(24)29(25)27/h4-22H,3H2,1-2H3;3-21H,1-2H3;3-19H,1-2H3;6-7,10-18H,3-5,8-9H2,1-2H3. The van der Waals surface area contributed by atoms with E-state index in [0.717, 1.165) is 165 Å². The number of imidazole rings is 4. The molecule has 12 nitrogen and oxygen atoms in total. The summed E-state index contributed by atoms with van der Waals surface area (Å²) in [6.45, 7) is 14.8. The first kappa shape index (κ1) is 88.7. The fourth-order valence-electron chi connectivity index (χ4n) is 21.5. The third-order valence-corrected chi connectivity index (χ3v) is 36.4. The fraction of sp³-hybridized carbons (Fsp3) is 0.120. The minimum Gasteiger partial charge on any atom is -0.319 e. The zero-order valence-electron chi connectivity index (χ0n) is 79.8. The monoisotopic (exact) mass is 1900 g/mol. The van der Waals surface area contributed by atoms with Crippen LogP contribution in [0.1, 0.15) is 50.5 Å². The van der Waals surface area contributed by atoms with E-state index < -0.39 is 28.6 Å². The van der Waals surface area contributed by atoms with Gasteiger partial charge in [0.2, 0.25) is 0 Å². The van der Waals surface area contributed by atoms with E-state index in [1.54, 1.807) is 0 Å². The molecule has 26 aromatic rings. The van der Waals surface area contributed by atoms with Gasteiger partial charge in [-0.2, -0.15) is 0 Å². The van der Waals surface area contributed by atoms with E-state index in [2.05, 4.69) is 351 Å². The molecule has 0 spiro atoms. The molecule has 1 aliphatic carbocycles. The Morgan fingerprint density at radius 2 is 0.546 bits per heavy atom. The van der Waals surface area contributed by atoms with Crippen molar-refractivity contribution in [3.63, 3.8) is 0 Å². The number of aromatic nitrogens is 8. The molecule has 0 N–H and O–H groups in total. The molecule has 0 bridgehead atoms. The van der Waals surface area contributed by atoms with E-state index in [4.69, 9.17) is 19.9 Å². The van der Waals surface area contributed by atoms with Crippen molar-refractivity contribution in [3.8, 4) is 55.6 Å². The van der Waals surface area contributed by atoms with Gasteiger partial charge in [-0.25, -0.2) is 19.9 Å². The summed E-state index contributed by atoms with van der Waals surface area (Å²) in [5.41, 5.74) is 30.0. The van der Waals surface area contributed by atoms with Crippen molar-refractivity contribution in [2.75, 3.05) is 52.8 Å². The lowest BCUT2D eigenvalue weighted by Crippen LogP contribution is -2.05. The maximum Gasteiger partial charge on any atom is 0.146 e. The van der Waals surface area contributed by atoms with Gasteiger partial charge in [0.15, 0.2) is 0 Å². The van der Waals surface area contributed by atoms with Crippen molar-refractivity contribution in [1.82, 2.24) is 37.5 Å². The van der Waals surface area contributed by atoms with Gasteiger partial charge in [-0.05, 0) is 286 Å². The van der Waals surface area contributed by atoms with Crippen LogP contribution in [0, 0.1) is 0 Å². The molecule has 18 aromatic carbocycles. The largest absolute Gasteiger partial charge is 0.319 e. The lowest BCUT2D eigenvalue weighted by molar-refractivity contribution is 0.444. The number of nitrogens with zero attached hydrogens (tertiary/aromatic N) is 8. The van der Waals surface area contributed by atoms with E-state index in [9.17, 15) is 18.3 Å². The smallest absolute Gasteiger partial charge is 0.146 e. The van der Waals surface area contributed by atoms with Gasteiger partial charge in [0.25, 0.3) is 0 Å². The maximum absolute atomic E-state index is 12.9. The lowest BCUT2D eigenvalue weighted by atomic mass is 9.83. The van der Waals surface area contributed by atoms with Crippen LogP contribution < -0.4 is 21.2 Å². The topological polar surface area (TPSA) is 137 Å². The Hall–Kier alpha value is -15.0. The average molecular weight is 1900 g/mol. The molecule has 1 fully saturated rings. The molecule has 141 heavy (non-hydrogen) atoms. The van der Waals surface area contributed by atoms with Crippen LogP contribution in [0.15, 0.2) is 394 Å². The molecular formula is C125H102N8O4P4. The van der Waals surface area contributed by atoms with E-state index in [0.29, 0.717) is 12.1 Å². The summed E-state index contributed by atoms with van der Waals surface area (Å²) in [7, 11) is -9.20. The summed E-state index contributed by atoms with van der Waals surface area (Å²) in [6, 6.07) is 139. The number of hydrogen-bond acceptors (Lipinski definition) is 8. The second-order valence-electron chi connectivity index (χ2n) is 39.2. The Balaban J connectivity index is 0.000000102. The molecule has 0 saturated heterocycles. The van der Waals surface area contributed by atoms with Crippen LogP contribution in [0.25, 0.3) is 220 Å². The highest BCUT2D eigenvalue weighted by atomic mass is 31.2. The molecule has 1 atom stereocenters. The molecule has 8 heterocycles. The van der Waals surface area contributed by atoms with E-state index in [-0.39, 0.29) is 0 Å². The SMILES string of the molecule is CCP(C)(=O)c1ccc(-c2cccc(-c3ccc4c5ccccc5n5c6ccccc6nc5c4c3)c2)cc1.CP(C)(=O)c1ccc(-c2ccc(-c3ccc4c(c3)c3ccccc3n3c5ccccc5nc43)cc2)cc1.CP(C)(=O)c1ccc2c(c1)c1cc(C3CCCCC3)ccc1c1nc3ccccc3n21.CP(C)(=O)c1ccc2ccc(-c3ccc4c5ccccc5n5c6ccccc6nc5c4c3)cc2c1. The van der Waals surface area contributed by atoms with Gasteiger partial charge < -0.3 is 18.3 Å². The van der Waals surface area contributed by atoms with Gasteiger partial charge in [-0.1, -0.05) is 293 Å². The Morgan fingerprint density at radius 3 is 1.01 bits per heavy atom. The molecule has 1 saturated carbocycles. The second kappa shape index (κ2) is 35.1. The number of fused-ring (bicyclic) bond motifs is 33. The Bertz CT molecular complexity index is 9840. The van der Waals surface area contributed by atoms with Gasteiger partial charge in [0, 0.05) is 70.5 Å². The predicted molar refractivity (Wildman–Crippen MR) is 602 cm³/mol. The predicted octanol–water partition coefficient (Wildman–Crippen LogP) is 32.1. The van der Waals surface area contributed by atoms with Gasteiger partial charge >= 0.3 is 0 Å². The van der Waals surface area contributed by atoms with Crippen LogP contribution in [-0.2, 0) is 18.3 Å². The summed E-state index contributed by atoms with van der Waals surface area (Å²) in [6.07, 6.45) is 7.26. The normalized spacial score (nSPS) is 13.4. The molecule has 16 heteroatoms. The van der Waals surface area contributed by atoms with Crippen molar-refractivity contribution >= 4 is 214 Å². The van der Waals surface area contributed by atoms with E-state index >= 15 is 0 Å². The number of para-hydroxylation sites is 11. The summed E-state index contributed by atoms with van der Waals surface area (Å²) < 4.78 is 59.9. The number of benzene rings is 18. The van der Waals surface area contributed by atoms with Gasteiger partial charge in [-0.3, -0.25) is 17.6 Å². The van der Waals surface area contributed by atoms with E-state index in [1.165, 1.54) is 114 Å². The lowest BCUT2D eigenvalue weighted by Gasteiger charge is -2.22. The van der Waals surface area contributed by atoms with Crippen LogP contribution in [0.2, 0.25) is 0 Å². The highest BCUT2D eigenvalue weighted by Gasteiger charge is 2.26. The Labute approximate surface area is 817 Å². The number of hydrogen-bond donors (Lipinski definition) is 0. The zero-order valence-corrected chi connectivity index (χ0v) is 83.4. The molecule has 0 radical (unpaired) electrons. The molecule has 1 unspecified atom stereocenters. The molecule has 8 aromatic heterocycles. The first-order valence-electron chi connectivity index (χ1n) is 48.6. The van der Waals surface area contributed by atoms with Crippen LogP contribution in [0.4, 0.5) is 0 Å². The fourth-order valence-corrected chi connectivity index (χ4v) is 25.3. The molecule has 686 valence electrons. The Kier molecular flexibility index (Phi) is 22.1. The van der Waals surface area contributed by atoms with Gasteiger partial charge in [0.05, 0.1) is 66.2 Å². The molecule has 27 rings (SSSR count). The second-order valence-corrected chi connectivity index (χ2v) is 52.2. The van der Waals surface area contributed by atoms with Crippen LogP contribution >= 0.6 is 28.6 Å². The first-order chi connectivity index (χ1) is 68.5. The van der Waals surface area contributed by atoms with Crippen molar-refractivity contribution in [1.29, 1.82) is 0 Å². The summed E-state index contributed by atoms with van der Waals surface area (Å²) >= 11 is 0. The molecule has 0 aliphatic heterocycles. The first-order valence-corrected chi connectivity index (χ1v) is 58.7. The van der Waals surface area contributed by atoms with Gasteiger partial charge in [0.1, 0.15) is 51.2 Å². The van der Waals surface area contributed by atoms with Crippen molar-refractivity contribution in [2.24, 2.45) is 0 Å². The molecule has 1 aliphatic rings. The van der Waals surface area contributed by atoms with E-state index in [1.807, 2.05) is 114 Å². The minimum atomic E-state index is -2.36. The summed E-state index contributed by atoms with van der Waals surface area (Å²) in [5.74, 6) is 0.648. The molecular weight excluding hydrogens is 1800 g/mol. The van der Waals surface area contributed by atoms with Crippen LogP contribution in [0.5, 0.6) is 0 Å². The Morgan fingerprint density at radius 1 is 0.227 bits per heavy atom. The van der Waals surface area contributed by atoms with Crippen molar-refractivity contribution in [3.05, 3.63) is 400 Å². The summed E-state index contributed by atoms with van der Waals surface area (Å²) in [4.78, 5) is 20.1. The highest BCUT2D eigenvalue weighted by Crippen LogP contribution is 2.47. The van der Waals surface area contributed by atoms with Crippen molar-refractivity contribution < 1.29 is 18.3 Å². The third kappa shape index (κ3) is 16.0. The number of rotatable bonds is 11. The van der Waals surface area contributed by atoms with Crippen LogP contribution in [-0.4, -0.2) is 90.4 Å². The van der Waals surface area contributed by atoms with Gasteiger partial charge in [-0.15, -0.1) is 0 Å². The third-order valence-electron chi connectivity index (χ3n) is 29.2. The van der Waals surface area contributed by atoms with Crippen LogP contribution in [0.3, 0.4) is 0 Å². The van der Waals surface area contributed by atoms with Crippen molar-refractivity contribution in [2.45, 2.75) is 44.9 Å². The average Bonchev–Trinajstić information content (AvgIpc) is 1.61. The maximum atomic E-state index is 12.9. The highest BCUT2D eigenvalue weighted by molar-refractivity contribution is 7.71.